The van der Waals surface area contributed by atoms with E-state index in [0.29, 0.717) is 0 Å². The summed E-state index contributed by atoms with van der Waals surface area (Å²) in [5.41, 5.74) is 0. The van der Waals surface area contributed by atoms with Crippen LogP contribution in [0.1, 0.15) is 19.2 Å². The first kappa shape index (κ1) is 11.4. The van der Waals surface area contributed by atoms with Gasteiger partial charge in [0, 0.05) is 17.8 Å². The molecule has 0 amide bonds. The molecule has 0 aromatic carbocycles. The van der Waals surface area contributed by atoms with Gasteiger partial charge < -0.3 is 0 Å². The molecule has 3 nitrogen and oxygen atoms in total. The third-order valence-electron chi connectivity index (χ3n) is 1.94. The number of hydrogen-bond acceptors (Lipinski definition) is 3. The molecule has 0 saturated heterocycles. The van der Waals surface area contributed by atoms with Crippen LogP contribution >= 0.6 is 11.6 Å². The fraction of sp³-hybridized carbons (Fsp3) is 0.600. The van der Waals surface area contributed by atoms with Crippen LogP contribution in [-0.2, 0) is 6.54 Å². The van der Waals surface area contributed by atoms with Crippen LogP contribution in [-0.4, -0.2) is 33.8 Å². The lowest BCUT2D eigenvalue weighted by molar-refractivity contribution is 0.313. The monoisotopic (exact) mass is 213 g/mol. The summed E-state index contributed by atoms with van der Waals surface area (Å²) in [5.74, 6) is 0.859. The molecule has 0 radical (unpaired) electrons. The predicted molar refractivity (Wildman–Crippen MR) is 58.3 cm³/mol. The summed E-state index contributed by atoms with van der Waals surface area (Å²) >= 11 is 5.87. The summed E-state index contributed by atoms with van der Waals surface area (Å²) < 4.78 is 0. The maximum absolute atomic E-state index is 5.87. The van der Waals surface area contributed by atoms with Crippen LogP contribution in [0, 0.1) is 0 Å². The normalized spacial score (nSPS) is 13.1. The van der Waals surface area contributed by atoms with Crippen molar-refractivity contribution in [2.24, 2.45) is 0 Å². The molecule has 0 spiro atoms. The van der Waals surface area contributed by atoms with Crippen molar-refractivity contribution in [3.8, 4) is 0 Å². The molecule has 1 heterocycles. The highest BCUT2D eigenvalue weighted by Crippen LogP contribution is 2.02. The molecular weight excluding hydrogens is 198 g/mol. The van der Waals surface area contributed by atoms with Gasteiger partial charge in [0.2, 0.25) is 0 Å². The third kappa shape index (κ3) is 4.53. The zero-order valence-electron chi connectivity index (χ0n) is 8.65. The molecule has 0 aliphatic carbocycles. The lowest BCUT2D eigenvalue weighted by Crippen LogP contribution is -2.22. The van der Waals surface area contributed by atoms with E-state index in [9.17, 15) is 0 Å². The molecule has 1 aromatic rings. The molecule has 14 heavy (non-hydrogen) atoms. The Hall–Kier alpha value is -0.670. The van der Waals surface area contributed by atoms with Crippen molar-refractivity contribution in [3.63, 3.8) is 0 Å². The van der Waals surface area contributed by atoms with E-state index in [1.165, 1.54) is 0 Å². The minimum atomic E-state index is 0.231. The molecule has 78 valence electrons. The fourth-order valence-corrected chi connectivity index (χ4v) is 1.23. The van der Waals surface area contributed by atoms with Gasteiger partial charge in [-0.1, -0.05) is 0 Å². The standard InChI is InChI=1S/C10H16ClN3/c1-9(11)4-7-14(2)8-10-12-5-3-6-13-10/h3,5-6,9H,4,7-8H2,1-2H3. The average Bonchev–Trinajstić information content (AvgIpc) is 2.16. The molecule has 1 rings (SSSR count). The van der Waals surface area contributed by atoms with Gasteiger partial charge in [0.15, 0.2) is 0 Å². The largest absolute Gasteiger partial charge is 0.299 e. The van der Waals surface area contributed by atoms with Crippen molar-refractivity contribution >= 4 is 11.6 Å². The van der Waals surface area contributed by atoms with Crippen LogP contribution in [0.15, 0.2) is 18.5 Å². The Morgan fingerprint density at radius 1 is 1.43 bits per heavy atom. The molecule has 0 aliphatic heterocycles. The van der Waals surface area contributed by atoms with E-state index in [0.717, 1.165) is 25.3 Å². The first-order valence-corrected chi connectivity index (χ1v) is 5.20. The molecular formula is C10H16ClN3. The zero-order valence-corrected chi connectivity index (χ0v) is 9.41. The minimum absolute atomic E-state index is 0.231. The van der Waals surface area contributed by atoms with E-state index >= 15 is 0 Å². The molecule has 0 bridgehead atoms. The van der Waals surface area contributed by atoms with Gasteiger partial charge in [-0.2, -0.15) is 0 Å². The van der Waals surface area contributed by atoms with Gasteiger partial charge in [-0.3, -0.25) is 4.90 Å². The first-order chi connectivity index (χ1) is 6.68. The van der Waals surface area contributed by atoms with Crippen molar-refractivity contribution in [2.75, 3.05) is 13.6 Å². The highest BCUT2D eigenvalue weighted by Gasteiger charge is 2.03. The average molecular weight is 214 g/mol. The lowest BCUT2D eigenvalue weighted by atomic mass is 10.3. The van der Waals surface area contributed by atoms with Crippen LogP contribution in [0.2, 0.25) is 0 Å². The van der Waals surface area contributed by atoms with Crippen LogP contribution in [0.25, 0.3) is 0 Å². The zero-order chi connectivity index (χ0) is 10.4. The summed E-state index contributed by atoms with van der Waals surface area (Å²) in [6.45, 7) is 3.77. The summed E-state index contributed by atoms with van der Waals surface area (Å²) in [6.07, 6.45) is 4.52. The second-order valence-electron chi connectivity index (χ2n) is 3.47. The number of halogens is 1. The summed E-state index contributed by atoms with van der Waals surface area (Å²) in [4.78, 5) is 10.5. The van der Waals surface area contributed by atoms with E-state index in [1.54, 1.807) is 12.4 Å². The maximum Gasteiger partial charge on any atom is 0.142 e. The molecule has 4 heteroatoms. The topological polar surface area (TPSA) is 29.0 Å². The van der Waals surface area contributed by atoms with E-state index < -0.39 is 0 Å². The van der Waals surface area contributed by atoms with Crippen molar-refractivity contribution in [3.05, 3.63) is 24.3 Å². The third-order valence-corrected chi connectivity index (χ3v) is 2.16. The Bertz CT molecular complexity index is 251. The van der Waals surface area contributed by atoms with Crippen molar-refractivity contribution in [1.29, 1.82) is 0 Å². The van der Waals surface area contributed by atoms with Crippen molar-refractivity contribution in [1.82, 2.24) is 14.9 Å². The summed E-state index contributed by atoms with van der Waals surface area (Å²) in [5, 5.41) is 0.231. The summed E-state index contributed by atoms with van der Waals surface area (Å²) in [7, 11) is 2.05. The lowest BCUT2D eigenvalue weighted by Gasteiger charge is -2.15. The van der Waals surface area contributed by atoms with Crippen LogP contribution < -0.4 is 0 Å². The van der Waals surface area contributed by atoms with Gasteiger partial charge in [0.05, 0.1) is 6.54 Å². The quantitative estimate of drug-likeness (QED) is 0.700. The molecule has 1 unspecified atom stereocenters. The number of aromatic nitrogens is 2. The Morgan fingerprint density at radius 2 is 2.07 bits per heavy atom. The number of hydrogen-bond donors (Lipinski definition) is 0. The van der Waals surface area contributed by atoms with Crippen LogP contribution in [0.5, 0.6) is 0 Å². The Labute approximate surface area is 90.1 Å². The van der Waals surface area contributed by atoms with E-state index in [4.69, 9.17) is 11.6 Å². The Balaban J connectivity index is 2.30. The van der Waals surface area contributed by atoms with Crippen LogP contribution in [0.3, 0.4) is 0 Å². The second kappa shape index (κ2) is 5.94. The Kier molecular flexibility index (Phi) is 4.84. The fourth-order valence-electron chi connectivity index (χ4n) is 1.13. The molecule has 1 aromatic heterocycles. The predicted octanol–water partition coefficient (Wildman–Crippen LogP) is 1.93. The minimum Gasteiger partial charge on any atom is -0.299 e. The molecule has 0 fully saturated rings. The van der Waals surface area contributed by atoms with Gasteiger partial charge in [0.1, 0.15) is 5.82 Å². The molecule has 0 N–H and O–H groups in total. The van der Waals surface area contributed by atoms with E-state index in [1.807, 2.05) is 13.0 Å². The van der Waals surface area contributed by atoms with Gasteiger partial charge in [-0.05, 0) is 33.0 Å². The smallest absolute Gasteiger partial charge is 0.142 e. The first-order valence-electron chi connectivity index (χ1n) is 4.77. The van der Waals surface area contributed by atoms with Gasteiger partial charge in [-0.15, -0.1) is 11.6 Å². The number of nitrogens with zero attached hydrogens (tertiary/aromatic N) is 3. The highest BCUT2D eigenvalue weighted by atomic mass is 35.5. The SMILES string of the molecule is CC(Cl)CCN(C)Cc1ncccn1. The highest BCUT2D eigenvalue weighted by molar-refractivity contribution is 6.20. The second-order valence-corrected chi connectivity index (χ2v) is 4.22. The van der Waals surface area contributed by atoms with Gasteiger partial charge >= 0.3 is 0 Å². The maximum atomic E-state index is 5.87. The Morgan fingerprint density at radius 3 is 2.64 bits per heavy atom. The number of rotatable bonds is 5. The van der Waals surface area contributed by atoms with Crippen LogP contribution in [0.4, 0.5) is 0 Å². The van der Waals surface area contributed by atoms with E-state index in [-0.39, 0.29) is 5.38 Å². The van der Waals surface area contributed by atoms with Crippen molar-refractivity contribution in [2.45, 2.75) is 25.3 Å². The molecule has 1 atom stereocenters. The summed E-state index contributed by atoms with van der Waals surface area (Å²) in [6, 6.07) is 1.82. The van der Waals surface area contributed by atoms with Crippen molar-refractivity contribution < 1.29 is 0 Å². The number of alkyl halides is 1. The van der Waals surface area contributed by atoms with Gasteiger partial charge in [-0.25, -0.2) is 9.97 Å². The molecule has 0 saturated carbocycles. The molecule has 0 aliphatic rings. The van der Waals surface area contributed by atoms with E-state index in [2.05, 4.69) is 21.9 Å². The van der Waals surface area contributed by atoms with Gasteiger partial charge in [0.25, 0.3) is 0 Å².